The summed E-state index contributed by atoms with van der Waals surface area (Å²) in [4.78, 5) is 28.7. The molecule has 0 aliphatic rings. The van der Waals surface area contributed by atoms with Crippen molar-refractivity contribution < 1.29 is 14.3 Å². The lowest BCUT2D eigenvalue weighted by atomic mass is 10.2. The molecule has 0 bridgehead atoms. The number of thiazole rings is 1. The van der Waals surface area contributed by atoms with Crippen molar-refractivity contribution in [2.75, 3.05) is 19.0 Å². The molecular formula is C19H19N3O3S2. The number of carbonyl (C=O) groups excluding carboxylic acids is 2. The van der Waals surface area contributed by atoms with Crippen molar-refractivity contribution >= 4 is 40.2 Å². The Bertz CT molecular complexity index is 936. The molecule has 140 valence electrons. The molecular weight excluding hydrogens is 382 g/mol. The molecule has 27 heavy (non-hydrogen) atoms. The van der Waals surface area contributed by atoms with Crippen LogP contribution in [0.4, 0.5) is 5.69 Å². The number of anilines is 1. The third kappa shape index (κ3) is 5.15. The topological polar surface area (TPSA) is 80.3 Å². The molecule has 0 aliphatic carbocycles. The summed E-state index contributed by atoms with van der Waals surface area (Å²) in [5, 5.41) is 12.1. The second kappa shape index (κ2) is 8.79. The predicted molar refractivity (Wildman–Crippen MR) is 109 cm³/mol. The first-order chi connectivity index (χ1) is 13.0. The van der Waals surface area contributed by atoms with Crippen molar-refractivity contribution in [1.29, 1.82) is 0 Å². The Hall–Kier alpha value is -2.71. The largest absolute Gasteiger partial charge is 0.495 e. The summed E-state index contributed by atoms with van der Waals surface area (Å²) in [6.45, 7) is 1.81. The summed E-state index contributed by atoms with van der Waals surface area (Å²) >= 11 is 3.11. The van der Waals surface area contributed by atoms with Crippen LogP contribution in [0.25, 0.3) is 10.6 Å². The van der Waals surface area contributed by atoms with Gasteiger partial charge in [0.1, 0.15) is 10.8 Å². The van der Waals surface area contributed by atoms with E-state index in [4.69, 9.17) is 4.74 Å². The fraction of sp³-hybridized carbons (Fsp3) is 0.211. The van der Waals surface area contributed by atoms with E-state index >= 15 is 0 Å². The highest BCUT2D eigenvalue weighted by Crippen LogP contribution is 2.26. The molecule has 8 heteroatoms. The molecule has 0 aliphatic heterocycles. The molecule has 2 N–H and O–H groups in total. The zero-order chi connectivity index (χ0) is 19.2. The van der Waals surface area contributed by atoms with Gasteiger partial charge >= 0.3 is 0 Å². The number of benzene rings is 1. The number of carbonyl (C=O) groups is 2. The van der Waals surface area contributed by atoms with Crippen molar-refractivity contribution in [1.82, 2.24) is 10.3 Å². The van der Waals surface area contributed by atoms with Crippen molar-refractivity contribution in [2.24, 2.45) is 0 Å². The van der Waals surface area contributed by atoms with E-state index in [9.17, 15) is 9.59 Å². The highest BCUT2D eigenvalue weighted by molar-refractivity contribution is 7.14. The highest BCUT2D eigenvalue weighted by atomic mass is 32.1. The van der Waals surface area contributed by atoms with Crippen LogP contribution in [0.15, 0.2) is 40.4 Å². The van der Waals surface area contributed by atoms with Gasteiger partial charge in [0.15, 0.2) is 0 Å². The van der Waals surface area contributed by atoms with Crippen LogP contribution >= 0.6 is 22.7 Å². The van der Waals surface area contributed by atoms with Crippen LogP contribution in [0, 0.1) is 6.92 Å². The van der Waals surface area contributed by atoms with Gasteiger partial charge in [0.25, 0.3) is 0 Å². The zero-order valence-electron chi connectivity index (χ0n) is 14.9. The summed E-state index contributed by atoms with van der Waals surface area (Å²) in [7, 11) is 1.54. The van der Waals surface area contributed by atoms with Gasteiger partial charge in [-0.15, -0.1) is 11.3 Å². The van der Waals surface area contributed by atoms with Crippen LogP contribution in [0.3, 0.4) is 0 Å². The summed E-state index contributed by atoms with van der Waals surface area (Å²) in [5.74, 6) is 0.0109. The van der Waals surface area contributed by atoms with E-state index in [1.54, 1.807) is 24.5 Å². The summed E-state index contributed by atoms with van der Waals surface area (Å²) < 4.78 is 5.23. The Kier molecular flexibility index (Phi) is 6.20. The van der Waals surface area contributed by atoms with Crippen LogP contribution < -0.4 is 15.4 Å². The maximum absolute atomic E-state index is 12.1. The first-order valence-corrected chi connectivity index (χ1v) is 10.1. The molecule has 2 amide bonds. The number of hydrogen-bond acceptors (Lipinski definition) is 6. The molecule has 1 aromatic carbocycles. The third-order valence-electron chi connectivity index (χ3n) is 3.74. The third-order valence-corrected chi connectivity index (χ3v) is 5.36. The molecule has 0 saturated carbocycles. The first kappa shape index (κ1) is 19.1. The Morgan fingerprint density at radius 1 is 1.19 bits per heavy atom. The van der Waals surface area contributed by atoms with Crippen molar-refractivity contribution in [3.8, 4) is 16.3 Å². The van der Waals surface area contributed by atoms with Crippen molar-refractivity contribution in [3.05, 3.63) is 51.7 Å². The molecule has 2 aromatic heterocycles. The van der Waals surface area contributed by atoms with E-state index in [-0.39, 0.29) is 24.8 Å². The van der Waals surface area contributed by atoms with Gasteiger partial charge in [-0.25, -0.2) is 4.98 Å². The molecule has 0 radical (unpaired) electrons. The summed E-state index contributed by atoms with van der Waals surface area (Å²) in [6, 6.07) is 7.50. The number of thiophene rings is 1. The minimum Gasteiger partial charge on any atom is -0.495 e. The molecule has 0 atom stereocenters. The summed E-state index contributed by atoms with van der Waals surface area (Å²) in [6.07, 6.45) is 0.141. The molecule has 0 saturated heterocycles. The van der Waals surface area contributed by atoms with Crippen LogP contribution in [0.1, 0.15) is 11.3 Å². The predicted octanol–water partition coefficient (Wildman–Crippen LogP) is 3.49. The maximum atomic E-state index is 12.1. The lowest BCUT2D eigenvalue weighted by Gasteiger charge is -2.11. The van der Waals surface area contributed by atoms with Gasteiger partial charge in [0, 0.05) is 16.3 Å². The molecule has 0 unspecified atom stereocenters. The average molecular weight is 402 g/mol. The van der Waals surface area contributed by atoms with E-state index in [2.05, 4.69) is 15.6 Å². The maximum Gasteiger partial charge on any atom is 0.243 e. The van der Waals surface area contributed by atoms with Gasteiger partial charge in [-0.05, 0) is 36.1 Å². The van der Waals surface area contributed by atoms with Gasteiger partial charge < -0.3 is 15.4 Å². The molecule has 0 spiro atoms. The monoisotopic (exact) mass is 401 g/mol. The van der Waals surface area contributed by atoms with Crippen molar-refractivity contribution in [2.45, 2.75) is 13.3 Å². The zero-order valence-corrected chi connectivity index (χ0v) is 16.6. The van der Waals surface area contributed by atoms with Gasteiger partial charge in [-0.3, -0.25) is 9.59 Å². The van der Waals surface area contributed by atoms with Crippen LogP contribution in [-0.2, 0) is 16.0 Å². The van der Waals surface area contributed by atoms with Gasteiger partial charge in [0.05, 0.1) is 31.5 Å². The van der Waals surface area contributed by atoms with Gasteiger partial charge in [0.2, 0.25) is 11.8 Å². The molecule has 0 fully saturated rings. The Balaban J connectivity index is 1.50. The normalized spacial score (nSPS) is 10.4. The van der Waals surface area contributed by atoms with Crippen LogP contribution in [0.5, 0.6) is 5.75 Å². The summed E-state index contributed by atoms with van der Waals surface area (Å²) in [5.41, 5.74) is 3.33. The number of ether oxygens (including phenoxy) is 1. The van der Waals surface area contributed by atoms with Gasteiger partial charge in [-0.1, -0.05) is 6.07 Å². The standard InChI is InChI=1S/C19H19N3O3S2/c1-12-3-4-16(25-2)15(7-12)22-18(24)9-20-17(23)8-14-11-27-19(21-14)13-5-6-26-10-13/h3-7,10-11H,8-9H2,1-2H3,(H,20,23)(H,22,24). The van der Waals surface area contributed by atoms with Gasteiger partial charge in [-0.2, -0.15) is 11.3 Å². The fourth-order valence-electron chi connectivity index (χ4n) is 2.43. The second-order valence-corrected chi connectivity index (χ2v) is 7.50. The number of aryl methyl sites for hydroxylation is 1. The van der Waals surface area contributed by atoms with Crippen molar-refractivity contribution in [3.63, 3.8) is 0 Å². The highest BCUT2D eigenvalue weighted by Gasteiger charge is 2.12. The first-order valence-electron chi connectivity index (χ1n) is 8.23. The number of methoxy groups -OCH3 is 1. The molecule has 3 rings (SSSR count). The van der Waals surface area contributed by atoms with E-state index in [1.807, 2.05) is 41.3 Å². The van der Waals surface area contributed by atoms with Crippen LogP contribution in [-0.4, -0.2) is 30.5 Å². The molecule has 6 nitrogen and oxygen atoms in total. The molecule has 2 heterocycles. The lowest BCUT2D eigenvalue weighted by Crippen LogP contribution is -2.33. The van der Waals surface area contributed by atoms with E-state index in [0.717, 1.165) is 16.1 Å². The number of aromatic nitrogens is 1. The fourth-order valence-corrected chi connectivity index (χ4v) is 3.96. The Morgan fingerprint density at radius 3 is 2.78 bits per heavy atom. The number of nitrogens with one attached hydrogen (secondary N) is 2. The SMILES string of the molecule is COc1ccc(C)cc1NC(=O)CNC(=O)Cc1csc(-c2ccsc2)n1. The minimum atomic E-state index is -0.315. The number of amides is 2. The lowest BCUT2D eigenvalue weighted by molar-refractivity contribution is -0.123. The Labute approximate surface area is 165 Å². The Morgan fingerprint density at radius 2 is 2.04 bits per heavy atom. The minimum absolute atomic E-state index is 0.114. The number of rotatable bonds is 7. The quantitative estimate of drug-likeness (QED) is 0.635. The van der Waals surface area contributed by atoms with E-state index in [0.29, 0.717) is 17.1 Å². The van der Waals surface area contributed by atoms with Crippen LogP contribution in [0.2, 0.25) is 0 Å². The number of nitrogens with zero attached hydrogens (tertiary/aromatic N) is 1. The smallest absolute Gasteiger partial charge is 0.243 e. The second-order valence-electron chi connectivity index (χ2n) is 5.86. The van der Waals surface area contributed by atoms with E-state index < -0.39 is 0 Å². The number of hydrogen-bond donors (Lipinski definition) is 2. The van der Waals surface area contributed by atoms with E-state index in [1.165, 1.54) is 11.3 Å². The average Bonchev–Trinajstić information content (AvgIpc) is 3.32. The molecule has 3 aromatic rings.